The maximum atomic E-state index is 6.06. The largest absolute Gasteiger partial charge is 0.327 e. The SMILES string of the molecule is Cn1c(-c2cc(Cl)cc(Cl)c2)nc2cc(CN)ccc21. The average molecular weight is 306 g/mol. The Hall–Kier alpha value is -1.55. The standard InChI is InChI=1S/C15H13Cl2N3/c1-20-14-3-2-9(8-18)4-13(14)19-15(20)10-5-11(16)7-12(17)6-10/h2-7H,8,18H2,1H3. The highest BCUT2D eigenvalue weighted by Gasteiger charge is 2.11. The molecule has 102 valence electrons. The number of nitrogens with two attached hydrogens (primary N) is 1. The van der Waals surface area contributed by atoms with Crippen LogP contribution in [0.3, 0.4) is 0 Å². The van der Waals surface area contributed by atoms with E-state index in [1.165, 1.54) is 0 Å². The fourth-order valence-corrected chi connectivity index (χ4v) is 2.84. The quantitative estimate of drug-likeness (QED) is 0.777. The molecule has 3 rings (SSSR count). The third-order valence-corrected chi connectivity index (χ3v) is 3.74. The lowest BCUT2D eigenvalue weighted by atomic mass is 10.2. The highest BCUT2D eigenvalue weighted by atomic mass is 35.5. The van der Waals surface area contributed by atoms with E-state index in [2.05, 4.69) is 4.98 Å². The molecule has 0 bridgehead atoms. The van der Waals surface area contributed by atoms with Crippen LogP contribution in [-0.2, 0) is 13.6 Å². The van der Waals surface area contributed by atoms with Gasteiger partial charge in [-0.3, -0.25) is 0 Å². The first-order valence-electron chi connectivity index (χ1n) is 6.20. The zero-order valence-electron chi connectivity index (χ0n) is 10.9. The van der Waals surface area contributed by atoms with Crippen molar-refractivity contribution in [2.75, 3.05) is 0 Å². The molecule has 0 amide bonds. The second-order valence-corrected chi connectivity index (χ2v) is 5.55. The minimum atomic E-state index is 0.505. The monoisotopic (exact) mass is 305 g/mol. The van der Waals surface area contributed by atoms with Crippen LogP contribution in [0.1, 0.15) is 5.56 Å². The van der Waals surface area contributed by atoms with Gasteiger partial charge in [-0.2, -0.15) is 0 Å². The Bertz CT molecular complexity index is 773. The Morgan fingerprint density at radius 2 is 1.80 bits per heavy atom. The first-order chi connectivity index (χ1) is 9.58. The summed E-state index contributed by atoms with van der Waals surface area (Å²) in [6, 6.07) is 11.5. The number of imidazole rings is 1. The molecular weight excluding hydrogens is 293 g/mol. The first kappa shape index (κ1) is 13.4. The fraction of sp³-hybridized carbons (Fsp3) is 0.133. The minimum absolute atomic E-state index is 0.505. The lowest BCUT2D eigenvalue weighted by Gasteiger charge is -2.04. The lowest BCUT2D eigenvalue weighted by Crippen LogP contribution is -1.95. The van der Waals surface area contributed by atoms with Crippen LogP contribution in [0.5, 0.6) is 0 Å². The van der Waals surface area contributed by atoms with Crippen LogP contribution < -0.4 is 5.73 Å². The molecule has 2 N–H and O–H groups in total. The van der Waals surface area contributed by atoms with Gasteiger partial charge in [0.2, 0.25) is 0 Å². The summed E-state index contributed by atoms with van der Waals surface area (Å²) in [6.45, 7) is 0.505. The van der Waals surface area contributed by atoms with Crippen molar-refractivity contribution in [3.05, 3.63) is 52.0 Å². The van der Waals surface area contributed by atoms with Gasteiger partial charge in [0.05, 0.1) is 11.0 Å². The normalized spacial score (nSPS) is 11.2. The molecule has 0 unspecified atom stereocenters. The Morgan fingerprint density at radius 3 is 2.45 bits per heavy atom. The second-order valence-electron chi connectivity index (χ2n) is 4.68. The molecule has 3 nitrogen and oxygen atoms in total. The summed E-state index contributed by atoms with van der Waals surface area (Å²) < 4.78 is 2.03. The molecule has 1 heterocycles. The summed E-state index contributed by atoms with van der Waals surface area (Å²) in [7, 11) is 1.97. The molecule has 0 atom stereocenters. The van der Waals surface area contributed by atoms with Gasteiger partial charge in [0, 0.05) is 29.2 Å². The number of nitrogens with zero attached hydrogens (tertiary/aromatic N) is 2. The Labute approximate surface area is 126 Å². The summed E-state index contributed by atoms with van der Waals surface area (Å²) >= 11 is 12.1. The number of hydrogen-bond donors (Lipinski definition) is 1. The van der Waals surface area contributed by atoms with Gasteiger partial charge in [-0.1, -0.05) is 29.3 Å². The topological polar surface area (TPSA) is 43.8 Å². The zero-order valence-corrected chi connectivity index (χ0v) is 12.4. The van der Waals surface area contributed by atoms with E-state index in [9.17, 15) is 0 Å². The molecule has 0 aliphatic heterocycles. The minimum Gasteiger partial charge on any atom is -0.327 e. The van der Waals surface area contributed by atoms with Crippen molar-refractivity contribution in [3.63, 3.8) is 0 Å². The van der Waals surface area contributed by atoms with Crippen molar-refractivity contribution < 1.29 is 0 Å². The number of benzene rings is 2. The van der Waals surface area contributed by atoms with Crippen LogP contribution >= 0.6 is 23.2 Å². The average Bonchev–Trinajstić information content (AvgIpc) is 2.74. The molecule has 1 aromatic heterocycles. The number of aromatic nitrogens is 2. The third-order valence-electron chi connectivity index (χ3n) is 3.30. The van der Waals surface area contributed by atoms with Crippen LogP contribution in [0.25, 0.3) is 22.4 Å². The second kappa shape index (κ2) is 5.09. The van der Waals surface area contributed by atoms with Gasteiger partial charge in [0.1, 0.15) is 5.82 Å². The first-order valence-corrected chi connectivity index (χ1v) is 6.96. The van der Waals surface area contributed by atoms with Gasteiger partial charge in [-0.15, -0.1) is 0 Å². The van der Waals surface area contributed by atoms with Crippen molar-refractivity contribution >= 4 is 34.2 Å². The molecule has 0 radical (unpaired) electrons. The summed E-state index contributed by atoms with van der Waals surface area (Å²) in [5.41, 5.74) is 9.59. The zero-order chi connectivity index (χ0) is 14.3. The molecular formula is C15H13Cl2N3. The van der Waals surface area contributed by atoms with Gasteiger partial charge in [-0.25, -0.2) is 4.98 Å². The van der Waals surface area contributed by atoms with E-state index in [-0.39, 0.29) is 0 Å². The molecule has 0 aliphatic carbocycles. The third kappa shape index (κ3) is 2.29. The maximum Gasteiger partial charge on any atom is 0.140 e. The van der Waals surface area contributed by atoms with Crippen molar-refractivity contribution in [2.45, 2.75) is 6.54 Å². The predicted octanol–water partition coefficient (Wildman–Crippen LogP) is 4.01. The number of fused-ring (bicyclic) bond motifs is 1. The summed E-state index contributed by atoms with van der Waals surface area (Å²) in [6.07, 6.45) is 0. The van der Waals surface area contributed by atoms with E-state index in [1.54, 1.807) is 6.07 Å². The highest BCUT2D eigenvalue weighted by Crippen LogP contribution is 2.29. The van der Waals surface area contributed by atoms with E-state index in [0.717, 1.165) is 28.0 Å². The molecule has 0 spiro atoms. The summed E-state index contributed by atoms with van der Waals surface area (Å²) in [5.74, 6) is 0.832. The van der Waals surface area contributed by atoms with Gasteiger partial charge in [-0.05, 0) is 35.9 Å². The summed E-state index contributed by atoms with van der Waals surface area (Å²) in [4.78, 5) is 4.66. The van der Waals surface area contributed by atoms with E-state index in [4.69, 9.17) is 28.9 Å². The number of halogens is 2. The predicted molar refractivity (Wildman–Crippen MR) is 84.1 cm³/mol. The smallest absolute Gasteiger partial charge is 0.140 e. The van der Waals surface area contributed by atoms with Gasteiger partial charge in [0.15, 0.2) is 0 Å². The number of hydrogen-bond acceptors (Lipinski definition) is 2. The summed E-state index contributed by atoms with van der Waals surface area (Å²) in [5, 5.41) is 1.20. The Morgan fingerprint density at radius 1 is 1.10 bits per heavy atom. The highest BCUT2D eigenvalue weighted by molar-refractivity contribution is 6.35. The van der Waals surface area contributed by atoms with Crippen molar-refractivity contribution in [1.29, 1.82) is 0 Å². The van der Waals surface area contributed by atoms with E-state index in [0.29, 0.717) is 16.6 Å². The van der Waals surface area contributed by atoms with Gasteiger partial charge < -0.3 is 10.3 Å². The van der Waals surface area contributed by atoms with Crippen LogP contribution in [0.2, 0.25) is 10.0 Å². The number of aryl methyl sites for hydroxylation is 1. The van der Waals surface area contributed by atoms with Crippen LogP contribution in [0.15, 0.2) is 36.4 Å². The van der Waals surface area contributed by atoms with E-state index in [1.807, 2.05) is 41.9 Å². The molecule has 0 saturated heterocycles. The van der Waals surface area contributed by atoms with Gasteiger partial charge in [0.25, 0.3) is 0 Å². The van der Waals surface area contributed by atoms with Crippen molar-refractivity contribution in [3.8, 4) is 11.4 Å². The molecule has 2 aromatic carbocycles. The molecule has 3 aromatic rings. The number of rotatable bonds is 2. The van der Waals surface area contributed by atoms with Crippen LogP contribution in [-0.4, -0.2) is 9.55 Å². The molecule has 0 saturated carbocycles. The van der Waals surface area contributed by atoms with E-state index < -0.39 is 0 Å². The fourth-order valence-electron chi connectivity index (χ4n) is 2.31. The molecule has 0 fully saturated rings. The molecule has 20 heavy (non-hydrogen) atoms. The molecule has 5 heteroatoms. The lowest BCUT2D eigenvalue weighted by molar-refractivity contribution is 0.959. The van der Waals surface area contributed by atoms with Gasteiger partial charge >= 0.3 is 0 Å². The molecule has 0 aliphatic rings. The van der Waals surface area contributed by atoms with E-state index >= 15 is 0 Å². The van der Waals surface area contributed by atoms with Crippen LogP contribution in [0.4, 0.5) is 0 Å². The Kier molecular flexibility index (Phi) is 3.42. The Balaban J connectivity index is 2.23. The van der Waals surface area contributed by atoms with Crippen LogP contribution in [0, 0.1) is 0 Å². The van der Waals surface area contributed by atoms with Crippen molar-refractivity contribution in [2.24, 2.45) is 12.8 Å². The van der Waals surface area contributed by atoms with Crippen molar-refractivity contribution in [1.82, 2.24) is 9.55 Å². The maximum absolute atomic E-state index is 6.06.